The highest BCUT2D eigenvalue weighted by Crippen LogP contribution is 2.16. The normalized spacial score (nSPS) is 20.2. The number of hydrogen-bond donors (Lipinski definition) is 1. The molecule has 2 aliphatic rings. The third-order valence-electron chi connectivity index (χ3n) is 4.90. The van der Waals surface area contributed by atoms with E-state index in [9.17, 15) is 14.4 Å². The van der Waals surface area contributed by atoms with Gasteiger partial charge in [-0.2, -0.15) is 0 Å². The predicted octanol–water partition coefficient (Wildman–Crippen LogP) is 1.04. The molecule has 0 radical (unpaired) electrons. The van der Waals surface area contributed by atoms with Crippen LogP contribution in [0.4, 0.5) is 0 Å². The Morgan fingerprint density at radius 2 is 1.96 bits per heavy atom. The van der Waals surface area contributed by atoms with Gasteiger partial charge in [0.25, 0.3) is 11.8 Å². The van der Waals surface area contributed by atoms with E-state index in [1.807, 2.05) is 4.90 Å². The van der Waals surface area contributed by atoms with E-state index in [0.29, 0.717) is 24.3 Å². The third-order valence-corrected chi connectivity index (χ3v) is 4.90. The van der Waals surface area contributed by atoms with Crippen LogP contribution in [0, 0.1) is 0 Å². The van der Waals surface area contributed by atoms with Crippen molar-refractivity contribution in [1.29, 1.82) is 0 Å². The molecule has 2 saturated heterocycles. The molecule has 7 heteroatoms. The standard InChI is InChI=1S/C19H25N3O4/c1-21-11-8-16(19(21)25)20-18(24)14-6-5-7-15(12-14)26-13-17(23)22-9-3-2-4-10-22/h5-7,12,16H,2-4,8-11,13H2,1H3,(H,20,24)/t16-/m1/s1. The summed E-state index contributed by atoms with van der Waals surface area (Å²) in [6.07, 6.45) is 3.86. The average molecular weight is 359 g/mol. The Labute approximate surface area is 153 Å². The summed E-state index contributed by atoms with van der Waals surface area (Å²) in [5.74, 6) is 0.0568. The quantitative estimate of drug-likeness (QED) is 0.852. The second-order valence-electron chi connectivity index (χ2n) is 6.83. The van der Waals surface area contributed by atoms with Gasteiger partial charge in [0.05, 0.1) is 0 Å². The highest BCUT2D eigenvalue weighted by atomic mass is 16.5. The minimum atomic E-state index is -0.474. The number of amides is 3. The Balaban J connectivity index is 1.54. The van der Waals surface area contributed by atoms with E-state index >= 15 is 0 Å². The average Bonchev–Trinajstić information content (AvgIpc) is 2.99. The molecule has 1 N–H and O–H groups in total. The van der Waals surface area contributed by atoms with Gasteiger partial charge in [0.15, 0.2) is 6.61 Å². The largest absolute Gasteiger partial charge is 0.484 e. The SMILES string of the molecule is CN1CC[C@@H](NC(=O)c2cccc(OCC(=O)N3CCCCC3)c2)C1=O. The first kappa shape index (κ1) is 18.2. The van der Waals surface area contributed by atoms with Crippen LogP contribution in [-0.4, -0.2) is 66.9 Å². The van der Waals surface area contributed by atoms with Crippen LogP contribution in [0.5, 0.6) is 5.75 Å². The molecule has 1 atom stereocenters. The summed E-state index contributed by atoms with van der Waals surface area (Å²) >= 11 is 0. The minimum Gasteiger partial charge on any atom is -0.484 e. The van der Waals surface area contributed by atoms with E-state index in [0.717, 1.165) is 25.9 Å². The zero-order chi connectivity index (χ0) is 18.5. The zero-order valence-corrected chi connectivity index (χ0v) is 15.1. The summed E-state index contributed by atoms with van der Waals surface area (Å²) in [6.45, 7) is 2.19. The molecule has 0 spiro atoms. The van der Waals surface area contributed by atoms with Gasteiger partial charge in [-0.25, -0.2) is 0 Å². The van der Waals surface area contributed by atoms with Crippen LogP contribution in [0.3, 0.4) is 0 Å². The molecule has 1 aromatic rings. The van der Waals surface area contributed by atoms with Crippen molar-refractivity contribution in [2.24, 2.45) is 0 Å². The van der Waals surface area contributed by atoms with E-state index in [1.165, 1.54) is 6.42 Å². The van der Waals surface area contributed by atoms with Crippen molar-refractivity contribution in [1.82, 2.24) is 15.1 Å². The highest BCUT2D eigenvalue weighted by molar-refractivity contribution is 5.98. The van der Waals surface area contributed by atoms with Crippen molar-refractivity contribution in [2.75, 3.05) is 33.3 Å². The summed E-state index contributed by atoms with van der Waals surface area (Å²) in [5.41, 5.74) is 0.412. The lowest BCUT2D eigenvalue weighted by atomic mass is 10.1. The predicted molar refractivity (Wildman–Crippen MR) is 95.9 cm³/mol. The number of piperidine rings is 1. The molecule has 1 aromatic carbocycles. The Morgan fingerprint density at radius 3 is 2.65 bits per heavy atom. The zero-order valence-electron chi connectivity index (χ0n) is 15.1. The van der Waals surface area contributed by atoms with Crippen LogP contribution in [0.2, 0.25) is 0 Å². The van der Waals surface area contributed by atoms with Crippen molar-refractivity contribution in [3.63, 3.8) is 0 Å². The third kappa shape index (κ3) is 4.33. The monoisotopic (exact) mass is 359 g/mol. The molecular formula is C19H25N3O4. The lowest BCUT2D eigenvalue weighted by molar-refractivity contribution is -0.134. The van der Waals surface area contributed by atoms with Crippen LogP contribution in [-0.2, 0) is 9.59 Å². The second-order valence-corrected chi connectivity index (χ2v) is 6.83. The van der Waals surface area contributed by atoms with Gasteiger partial charge in [0.2, 0.25) is 5.91 Å². The van der Waals surface area contributed by atoms with Crippen molar-refractivity contribution < 1.29 is 19.1 Å². The fraction of sp³-hybridized carbons (Fsp3) is 0.526. The number of nitrogens with zero attached hydrogens (tertiary/aromatic N) is 2. The molecule has 0 saturated carbocycles. The van der Waals surface area contributed by atoms with Gasteiger partial charge in [-0.1, -0.05) is 6.07 Å². The summed E-state index contributed by atoms with van der Waals surface area (Å²) in [5, 5.41) is 2.76. The topological polar surface area (TPSA) is 79.0 Å². The first-order valence-electron chi connectivity index (χ1n) is 9.11. The molecule has 0 aliphatic carbocycles. The van der Waals surface area contributed by atoms with Crippen molar-refractivity contribution in [3.05, 3.63) is 29.8 Å². The lowest BCUT2D eigenvalue weighted by Gasteiger charge is -2.26. The Kier molecular flexibility index (Phi) is 5.75. The summed E-state index contributed by atoms with van der Waals surface area (Å²) in [4.78, 5) is 39.9. The summed E-state index contributed by atoms with van der Waals surface area (Å²) in [7, 11) is 1.72. The summed E-state index contributed by atoms with van der Waals surface area (Å²) < 4.78 is 5.57. The molecular weight excluding hydrogens is 334 g/mol. The number of ether oxygens (including phenoxy) is 1. The van der Waals surface area contributed by atoms with Crippen LogP contribution in [0.1, 0.15) is 36.0 Å². The summed E-state index contributed by atoms with van der Waals surface area (Å²) in [6, 6.07) is 6.21. The van der Waals surface area contributed by atoms with E-state index in [1.54, 1.807) is 36.2 Å². The van der Waals surface area contributed by atoms with Crippen molar-refractivity contribution >= 4 is 17.7 Å². The molecule has 7 nitrogen and oxygen atoms in total. The first-order chi connectivity index (χ1) is 12.5. The van der Waals surface area contributed by atoms with Gasteiger partial charge < -0.3 is 19.9 Å². The molecule has 3 rings (SSSR count). The molecule has 2 fully saturated rings. The Hall–Kier alpha value is -2.57. The Morgan fingerprint density at radius 1 is 1.19 bits per heavy atom. The van der Waals surface area contributed by atoms with Crippen LogP contribution in [0.15, 0.2) is 24.3 Å². The maximum absolute atomic E-state index is 12.4. The maximum Gasteiger partial charge on any atom is 0.260 e. The number of nitrogens with one attached hydrogen (secondary N) is 1. The highest BCUT2D eigenvalue weighted by Gasteiger charge is 2.30. The van der Waals surface area contributed by atoms with Crippen molar-refractivity contribution in [3.8, 4) is 5.75 Å². The first-order valence-corrected chi connectivity index (χ1v) is 9.11. The maximum atomic E-state index is 12.4. The Bertz CT molecular complexity index is 685. The number of benzene rings is 1. The van der Waals surface area contributed by atoms with Gasteiger partial charge in [0.1, 0.15) is 11.8 Å². The van der Waals surface area contributed by atoms with Gasteiger partial charge in [-0.05, 0) is 43.9 Å². The van der Waals surface area contributed by atoms with Gasteiger partial charge >= 0.3 is 0 Å². The number of carbonyl (C=O) groups excluding carboxylic acids is 3. The fourth-order valence-electron chi connectivity index (χ4n) is 3.30. The smallest absolute Gasteiger partial charge is 0.260 e. The molecule has 3 amide bonds. The van der Waals surface area contributed by atoms with E-state index < -0.39 is 6.04 Å². The molecule has 0 unspecified atom stereocenters. The van der Waals surface area contributed by atoms with E-state index in [2.05, 4.69) is 5.32 Å². The molecule has 140 valence electrons. The van der Waals surface area contributed by atoms with Gasteiger partial charge in [-0.15, -0.1) is 0 Å². The lowest BCUT2D eigenvalue weighted by Crippen LogP contribution is -2.40. The van der Waals surface area contributed by atoms with Crippen LogP contribution in [0.25, 0.3) is 0 Å². The number of rotatable bonds is 5. The fourth-order valence-corrected chi connectivity index (χ4v) is 3.30. The molecule has 2 aliphatic heterocycles. The molecule has 0 aromatic heterocycles. The van der Waals surface area contributed by atoms with E-state index in [-0.39, 0.29) is 24.3 Å². The number of likely N-dealkylation sites (N-methyl/N-ethyl adjacent to an activating group) is 1. The molecule has 2 heterocycles. The number of hydrogen-bond acceptors (Lipinski definition) is 4. The number of likely N-dealkylation sites (tertiary alicyclic amines) is 2. The molecule has 0 bridgehead atoms. The van der Waals surface area contributed by atoms with Crippen LogP contribution < -0.4 is 10.1 Å². The number of carbonyl (C=O) groups is 3. The van der Waals surface area contributed by atoms with Crippen LogP contribution >= 0.6 is 0 Å². The van der Waals surface area contributed by atoms with Crippen molar-refractivity contribution in [2.45, 2.75) is 31.7 Å². The van der Waals surface area contributed by atoms with Gasteiger partial charge in [0, 0.05) is 32.2 Å². The van der Waals surface area contributed by atoms with E-state index in [4.69, 9.17) is 4.74 Å². The minimum absolute atomic E-state index is 0.0286. The molecule has 26 heavy (non-hydrogen) atoms. The van der Waals surface area contributed by atoms with Gasteiger partial charge in [-0.3, -0.25) is 14.4 Å². The second kappa shape index (κ2) is 8.21.